The minimum atomic E-state index is 0. The van der Waals surface area contributed by atoms with E-state index in [0.717, 1.165) is 43.6 Å². The summed E-state index contributed by atoms with van der Waals surface area (Å²) in [6.45, 7) is 13.0. The second-order valence-corrected chi connectivity index (χ2v) is 7.38. The number of rotatable bonds is 8. The van der Waals surface area contributed by atoms with Crippen molar-refractivity contribution >= 4 is 29.9 Å². The van der Waals surface area contributed by atoms with Crippen LogP contribution in [0.25, 0.3) is 0 Å². The quantitative estimate of drug-likeness (QED) is 0.346. The zero-order chi connectivity index (χ0) is 17.9. The van der Waals surface area contributed by atoms with Crippen molar-refractivity contribution in [2.45, 2.75) is 40.0 Å². The van der Waals surface area contributed by atoms with E-state index in [0.29, 0.717) is 5.92 Å². The van der Waals surface area contributed by atoms with E-state index >= 15 is 0 Å². The molecule has 0 aliphatic carbocycles. The molecule has 1 aliphatic rings. The van der Waals surface area contributed by atoms with E-state index in [9.17, 15) is 0 Å². The summed E-state index contributed by atoms with van der Waals surface area (Å²) in [7, 11) is 0. The molecule has 1 fully saturated rings. The van der Waals surface area contributed by atoms with E-state index in [1.807, 2.05) is 18.3 Å². The normalized spacial score (nSPS) is 18.5. The maximum Gasteiger partial charge on any atom is 0.191 e. The highest BCUT2D eigenvalue weighted by atomic mass is 127. The van der Waals surface area contributed by atoms with Crippen molar-refractivity contribution in [1.82, 2.24) is 20.5 Å². The first kappa shape index (κ1) is 23.1. The Morgan fingerprint density at radius 1 is 1.35 bits per heavy atom. The molecule has 148 valence electrons. The Morgan fingerprint density at radius 3 is 2.88 bits per heavy atom. The summed E-state index contributed by atoms with van der Waals surface area (Å²) in [5, 5.41) is 6.79. The van der Waals surface area contributed by atoms with Gasteiger partial charge in [0.15, 0.2) is 5.96 Å². The molecule has 1 unspecified atom stereocenters. The van der Waals surface area contributed by atoms with Gasteiger partial charge < -0.3 is 15.5 Å². The van der Waals surface area contributed by atoms with Crippen molar-refractivity contribution in [3.63, 3.8) is 0 Å². The minimum absolute atomic E-state index is 0. The number of likely N-dealkylation sites (tertiary alicyclic amines) is 1. The van der Waals surface area contributed by atoms with Crippen LogP contribution in [0.4, 0.5) is 0 Å². The van der Waals surface area contributed by atoms with Gasteiger partial charge >= 0.3 is 0 Å². The molecule has 5 nitrogen and oxygen atoms in total. The lowest BCUT2D eigenvalue weighted by Gasteiger charge is -2.33. The minimum Gasteiger partial charge on any atom is -0.357 e. The van der Waals surface area contributed by atoms with Gasteiger partial charge in [-0.3, -0.25) is 9.98 Å². The van der Waals surface area contributed by atoms with Gasteiger partial charge in [-0.2, -0.15) is 0 Å². The molecular weight excluding hydrogens is 437 g/mol. The lowest BCUT2D eigenvalue weighted by atomic mass is 9.97. The Hall–Kier alpha value is -0.890. The third-order valence-electron chi connectivity index (χ3n) is 4.48. The molecule has 0 spiro atoms. The second-order valence-electron chi connectivity index (χ2n) is 7.38. The molecule has 6 heteroatoms. The Bertz CT molecular complexity index is 506. The van der Waals surface area contributed by atoms with Gasteiger partial charge in [-0.25, -0.2) is 0 Å². The molecule has 0 amide bonds. The third-order valence-corrected chi connectivity index (χ3v) is 4.48. The zero-order valence-electron chi connectivity index (χ0n) is 16.6. The number of aliphatic imine (C=N–C) groups is 1. The van der Waals surface area contributed by atoms with Gasteiger partial charge in [0, 0.05) is 51.0 Å². The van der Waals surface area contributed by atoms with Crippen molar-refractivity contribution in [2.75, 3.05) is 39.3 Å². The van der Waals surface area contributed by atoms with Crippen molar-refractivity contribution in [3.05, 3.63) is 30.1 Å². The first-order chi connectivity index (χ1) is 12.2. The number of nitrogens with zero attached hydrogens (tertiary/aromatic N) is 3. The Balaban J connectivity index is 0.00000338. The predicted octanol–water partition coefficient (Wildman–Crippen LogP) is 3.17. The first-order valence-corrected chi connectivity index (χ1v) is 9.81. The zero-order valence-corrected chi connectivity index (χ0v) is 18.9. The lowest BCUT2D eigenvalue weighted by Crippen LogP contribution is -2.41. The summed E-state index contributed by atoms with van der Waals surface area (Å²) in [5.74, 6) is 2.35. The van der Waals surface area contributed by atoms with Crippen LogP contribution in [0.15, 0.2) is 29.4 Å². The number of pyridine rings is 1. The van der Waals surface area contributed by atoms with Crippen molar-refractivity contribution in [1.29, 1.82) is 0 Å². The van der Waals surface area contributed by atoms with Crippen LogP contribution in [-0.2, 0) is 6.42 Å². The molecule has 1 aromatic rings. The molecule has 1 saturated heterocycles. The molecule has 2 N–H and O–H groups in total. The second kappa shape index (κ2) is 13.3. The van der Waals surface area contributed by atoms with Crippen LogP contribution in [0, 0.1) is 11.8 Å². The van der Waals surface area contributed by atoms with Gasteiger partial charge in [-0.05, 0) is 50.3 Å². The molecular formula is C20H36IN5. The standard InChI is InChI=1S/C20H35N5.HI/c1-4-21-20(23-12-10-19-9-5-6-11-22-19)24-14-18-8-7-13-25(16-18)15-17(2)3;/h5-6,9,11,17-18H,4,7-8,10,12-16H2,1-3H3,(H2,21,23,24);1H. The number of aromatic nitrogens is 1. The van der Waals surface area contributed by atoms with Gasteiger partial charge in [0.05, 0.1) is 0 Å². The molecule has 1 atom stereocenters. The van der Waals surface area contributed by atoms with E-state index in [1.165, 1.54) is 32.5 Å². The molecule has 0 bridgehead atoms. The molecule has 1 aliphatic heterocycles. The number of guanidine groups is 1. The van der Waals surface area contributed by atoms with Crippen LogP contribution in [0.2, 0.25) is 0 Å². The number of hydrogen-bond donors (Lipinski definition) is 2. The van der Waals surface area contributed by atoms with Gasteiger partial charge in [-0.15, -0.1) is 24.0 Å². The van der Waals surface area contributed by atoms with E-state index in [-0.39, 0.29) is 24.0 Å². The summed E-state index contributed by atoms with van der Waals surface area (Å²) >= 11 is 0. The molecule has 0 radical (unpaired) electrons. The molecule has 0 aromatic carbocycles. The van der Waals surface area contributed by atoms with Crippen LogP contribution in [-0.4, -0.2) is 55.1 Å². The fourth-order valence-electron chi connectivity index (χ4n) is 3.40. The molecule has 2 heterocycles. The highest BCUT2D eigenvalue weighted by Crippen LogP contribution is 2.17. The van der Waals surface area contributed by atoms with E-state index in [1.54, 1.807) is 0 Å². The van der Waals surface area contributed by atoms with E-state index in [2.05, 4.69) is 47.4 Å². The third kappa shape index (κ3) is 9.16. The average Bonchev–Trinajstić information content (AvgIpc) is 2.60. The molecule has 2 rings (SSSR count). The van der Waals surface area contributed by atoms with Gasteiger partial charge in [0.1, 0.15) is 0 Å². The number of halogens is 1. The summed E-state index contributed by atoms with van der Waals surface area (Å²) in [6.07, 6.45) is 5.36. The van der Waals surface area contributed by atoms with Gasteiger partial charge in [0.2, 0.25) is 0 Å². The number of piperidine rings is 1. The summed E-state index contributed by atoms with van der Waals surface area (Å²) in [6, 6.07) is 6.06. The largest absolute Gasteiger partial charge is 0.357 e. The molecule has 0 saturated carbocycles. The fourth-order valence-corrected chi connectivity index (χ4v) is 3.40. The van der Waals surface area contributed by atoms with Crippen molar-refractivity contribution < 1.29 is 0 Å². The number of nitrogens with one attached hydrogen (secondary N) is 2. The molecule has 1 aromatic heterocycles. The maximum absolute atomic E-state index is 4.83. The van der Waals surface area contributed by atoms with Crippen LogP contribution in [0.5, 0.6) is 0 Å². The predicted molar refractivity (Wildman–Crippen MR) is 121 cm³/mol. The monoisotopic (exact) mass is 473 g/mol. The lowest BCUT2D eigenvalue weighted by molar-refractivity contribution is 0.162. The Kier molecular flexibility index (Phi) is 11.8. The fraction of sp³-hybridized carbons (Fsp3) is 0.700. The Morgan fingerprint density at radius 2 is 2.19 bits per heavy atom. The van der Waals surface area contributed by atoms with Crippen LogP contribution in [0.3, 0.4) is 0 Å². The van der Waals surface area contributed by atoms with Gasteiger partial charge in [0.25, 0.3) is 0 Å². The topological polar surface area (TPSA) is 52.6 Å². The Labute approximate surface area is 176 Å². The van der Waals surface area contributed by atoms with E-state index < -0.39 is 0 Å². The van der Waals surface area contributed by atoms with Crippen molar-refractivity contribution in [3.8, 4) is 0 Å². The van der Waals surface area contributed by atoms with Crippen molar-refractivity contribution in [2.24, 2.45) is 16.8 Å². The highest BCUT2D eigenvalue weighted by Gasteiger charge is 2.20. The summed E-state index contributed by atoms with van der Waals surface area (Å²) in [5.41, 5.74) is 1.11. The van der Waals surface area contributed by atoms with E-state index in [4.69, 9.17) is 4.99 Å². The van der Waals surface area contributed by atoms with Gasteiger partial charge in [-0.1, -0.05) is 19.9 Å². The highest BCUT2D eigenvalue weighted by molar-refractivity contribution is 14.0. The van der Waals surface area contributed by atoms with Crippen LogP contribution in [0.1, 0.15) is 39.3 Å². The maximum atomic E-state index is 4.83. The van der Waals surface area contributed by atoms with Crippen LogP contribution < -0.4 is 10.6 Å². The average molecular weight is 473 g/mol. The number of hydrogen-bond acceptors (Lipinski definition) is 3. The first-order valence-electron chi connectivity index (χ1n) is 9.81. The molecule has 26 heavy (non-hydrogen) atoms. The van der Waals surface area contributed by atoms with Crippen LogP contribution >= 0.6 is 24.0 Å². The summed E-state index contributed by atoms with van der Waals surface area (Å²) in [4.78, 5) is 11.8. The summed E-state index contributed by atoms with van der Waals surface area (Å²) < 4.78 is 0. The smallest absolute Gasteiger partial charge is 0.191 e. The SMILES string of the molecule is CCNC(=NCC1CCCN(CC(C)C)C1)NCCc1ccccn1.I.